The second-order valence-corrected chi connectivity index (χ2v) is 30.5. The minimum atomic E-state index is 0.0519. The fraction of sp³-hybridized carbons (Fsp3) is 0.457. The van der Waals surface area contributed by atoms with E-state index in [9.17, 15) is 0 Å². The number of hydrogen-bond donors (Lipinski definition) is 0. The lowest BCUT2D eigenvalue weighted by Gasteiger charge is -2.52. The molecule has 0 unspecified atom stereocenters. The van der Waals surface area contributed by atoms with Crippen molar-refractivity contribution in [3.05, 3.63) is 148 Å². The molecule has 1 fully saturated rings. The van der Waals surface area contributed by atoms with Gasteiger partial charge < -0.3 is 9.80 Å². The van der Waals surface area contributed by atoms with Crippen molar-refractivity contribution in [3.63, 3.8) is 0 Å². The highest BCUT2D eigenvalue weighted by molar-refractivity contribution is 7.33. The molecule has 0 radical (unpaired) electrons. The first-order valence-electron chi connectivity index (χ1n) is 28.8. The molecular formula is C70H79BN2S. The molecule has 0 amide bonds. The van der Waals surface area contributed by atoms with Gasteiger partial charge in [-0.3, -0.25) is 0 Å². The van der Waals surface area contributed by atoms with Crippen LogP contribution in [0, 0.1) is 0 Å². The fourth-order valence-corrected chi connectivity index (χ4v) is 17.6. The summed E-state index contributed by atoms with van der Waals surface area (Å²) in [5.41, 5.74) is 26.8. The maximum atomic E-state index is 2.80. The Morgan fingerprint density at radius 2 is 0.824 bits per heavy atom. The lowest BCUT2D eigenvalue weighted by Crippen LogP contribution is -2.61. The van der Waals surface area contributed by atoms with Gasteiger partial charge in [0.2, 0.25) is 0 Å². The normalized spacial score (nSPS) is 25.3. The average Bonchev–Trinajstić information content (AvgIpc) is 3.75. The average molecular weight is 991 g/mol. The Kier molecular flexibility index (Phi) is 9.55. The molecule has 2 bridgehead atoms. The van der Waals surface area contributed by atoms with Crippen LogP contribution in [0.15, 0.2) is 103 Å². The zero-order chi connectivity index (χ0) is 51.7. The summed E-state index contributed by atoms with van der Waals surface area (Å²) in [5.74, 6) is 0. The van der Waals surface area contributed by atoms with E-state index >= 15 is 0 Å². The molecule has 7 aromatic rings. The highest BCUT2D eigenvalue weighted by atomic mass is 32.1. The van der Waals surface area contributed by atoms with E-state index in [1.54, 1.807) is 16.7 Å². The second-order valence-electron chi connectivity index (χ2n) is 29.4. The number of fused-ring (bicyclic) bond motifs is 11. The summed E-state index contributed by atoms with van der Waals surface area (Å²) in [4.78, 5) is 5.57. The fourth-order valence-electron chi connectivity index (χ4n) is 16.3. The molecule has 0 spiro atoms. The molecule has 6 aromatic carbocycles. The Bertz CT molecular complexity index is 3570. The van der Waals surface area contributed by atoms with Gasteiger partial charge in [-0.2, -0.15) is 0 Å². The largest absolute Gasteiger partial charge is 0.311 e. The number of hydrogen-bond acceptors (Lipinski definition) is 3. The Labute approximate surface area is 448 Å². The van der Waals surface area contributed by atoms with Gasteiger partial charge in [0.15, 0.2) is 0 Å². The highest BCUT2D eigenvalue weighted by Gasteiger charge is 2.52. The van der Waals surface area contributed by atoms with Crippen LogP contribution in [0.1, 0.15) is 206 Å². The standard InChI is InChI=1S/C70H79BN2S/c1-63(2)24-26-65(5,6)49-36-44(20-22-47(49)63)72-56-40-52-51(67(9,10)28-29-68(52,11)12)39-55(56)71-60-57(72)34-43(42-18-16-15-17-19-42)35-58(60)73(45-21-23-48-50(37-45)66(7,8)27-25-64(48,3)4)61-46-38-53-54(41-59(46)74-62(61)71)70(14)32-30-69(53,13)31-33-70/h15-23,34-41H,24-33H2,1-14H3. The summed E-state index contributed by atoms with van der Waals surface area (Å²) in [6.45, 7) is 35.2. The predicted octanol–water partition coefficient (Wildman–Crippen LogP) is 17.8. The summed E-state index contributed by atoms with van der Waals surface area (Å²) in [5, 5.41) is 1.44. The molecule has 74 heavy (non-hydrogen) atoms. The Morgan fingerprint density at radius 1 is 0.378 bits per heavy atom. The van der Waals surface area contributed by atoms with Gasteiger partial charge in [0, 0.05) is 43.3 Å². The molecule has 1 aromatic heterocycles. The lowest BCUT2D eigenvalue weighted by atomic mass is 9.35. The Morgan fingerprint density at radius 3 is 1.35 bits per heavy atom. The first kappa shape index (κ1) is 47.4. The van der Waals surface area contributed by atoms with Gasteiger partial charge in [0.1, 0.15) is 0 Å². The molecule has 378 valence electrons. The van der Waals surface area contributed by atoms with Crippen LogP contribution < -0.4 is 25.5 Å². The van der Waals surface area contributed by atoms with Crippen molar-refractivity contribution < 1.29 is 0 Å². The van der Waals surface area contributed by atoms with E-state index in [0.717, 1.165) is 0 Å². The number of thiophene rings is 1. The topological polar surface area (TPSA) is 6.48 Å². The first-order chi connectivity index (χ1) is 34.8. The molecule has 0 atom stereocenters. The highest BCUT2D eigenvalue weighted by Crippen LogP contribution is 2.60. The van der Waals surface area contributed by atoms with Crippen molar-refractivity contribution in [1.29, 1.82) is 0 Å². The van der Waals surface area contributed by atoms with Gasteiger partial charge in [-0.05, 0) is 229 Å². The minimum Gasteiger partial charge on any atom is -0.311 e. The molecule has 15 rings (SSSR count). The van der Waals surface area contributed by atoms with Crippen LogP contribution in [0.2, 0.25) is 0 Å². The van der Waals surface area contributed by atoms with Gasteiger partial charge >= 0.3 is 0 Å². The van der Waals surface area contributed by atoms with Gasteiger partial charge in [0.05, 0.1) is 5.69 Å². The maximum absolute atomic E-state index is 2.80. The third-order valence-corrected chi connectivity index (χ3v) is 23.0. The van der Waals surface area contributed by atoms with E-state index in [1.165, 1.54) is 163 Å². The van der Waals surface area contributed by atoms with Crippen molar-refractivity contribution in [2.45, 2.75) is 204 Å². The van der Waals surface area contributed by atoms with Crippen LogP contribution in [0.25, 0.3) is 21.2 Å². The van der Waals surface area contributed by atoms with Crippen LogP contribution in [0.4, 0.5) is 34.1 Å². The minimum absolute atomic E-state index is 0.0519. The Hall–Kier alpha value is -5.06. The smallest absolute Gasteiger partial charge is 0.264 e. The molecule has 0 N–H and O–H groups in total. The van der Waals surface area contributed by atoms with E-state index in [1.807, 2.05) is 0 Å². The molecule has 8 aliphatic rings. The molecule has 2 nitrogen and oxygen atoms in total. The predicted molar refractivity (Wildman–Crippen MR) is 320 cm³/mol. The van der Waals surface area contributed by atoms with E-state index in [4.69, 9.17) is 0 Å². The number of nitrogens with zero attached hydrogens (tertiary/aromatic N) is 2. The SMILES string of the molecule is CC1(C)CCC(C)(C)c2cc(N3c4cc5c(cc4B4c6sc7cc8c(cc7c6N(c6ccc7c(c6)C(C)(C)CCC7(C)C)c6cc(-c7ccccc7)cc3c64)C3(C)CCC8(C)CC3)C(C)(C)CCC5(C)C)ccc21. The van der Waals surface area contributed by atoms with Crippen LogP contribution >= 0.6 is 11.3 Å². The third kappa shape index (κ3) is 6.48. The summed E-state index contributed by atoms with van der Waals surface area (Å²) >= 11 is 2.12. The summed E-state index contributed by atoms with van der Waals surface area (Å²) in [6, 6.07) is 42.8. The molecule has 4 heteroatoms. The van der Waals surface area contributed by atoms with Crippen LogP contribution in [0.5, 0.6) is 0 Å². The summed E-state index contributed by atoms with van der Waals surface area (Å²) in [7, 11) is 0. The van der Waals surface area contributed by atoms with Crippen molar-refractivity contribution in [3.8, 4) is 11.1 Å². The van der Waals surface area contributed by atoms with Crippen molar-refractivity contribution in [2.75, 3.05) is 9.80 Å². The molecule has 0 saturated heterocycles. The lowest BCUT2D eigenvalue weighted by molar-refractivity contribution is 0.188. The number of anilines is 6. The van der Waals surface area contributed by atoms with Gasteiger partial charge in [0.25, 0.3) is 6.71 Å². The molecule has 6 aliphatic carbocycles. The molecule has 2 aliphatic heterocycles. The van der Waals surface area contributed by atoms with Crippen LogP contribution in [0.3, 0.4) is 0 Å². The number of benzene rings is 6. The van der Waals surface area contributed by atoms with Crippen molar-refractivity contribution >= 4 is 78.0 Å². The van der Waals surface area contributed by atoms with E-state index in [0.29, 0.717) is 0 Å². The zero-order valence-electron chi connectivity index (χ0n) is 47.3. The maximum Gasteiger partial charge on any atom is 0.264 e. The van der Waals surface area contributed by atoms with Gasteiger partial charge in [-0.25, -0.2) is 0 Å². The second kappa shape index (κ2) is 14.9. The van der Waals surface area contributed by atoms with Crippen LogP contribution in [-0.2, 0) is 43.3 Å². The molecular weight excluding hydrogens is 912 g/mol. The first-order valence-corrected chi connectivity index (χ1v) is 29.6. The zero-order valence-corrected chi connectivity index (χ0v) is 48.1. The summed E-state index contributed by atoms with van der Waals surface area (Å²) in [6.07, 6.45) is 12.3. The van der Waals surface area contributed by atoms with E-state index < -0.39 is 0 Å². The monoisotopic (exact) mass is 991 g/mol. The van der Waals surface area contributed by atoms with Crippen LogP contribution in [-0.4, -0.2) is 6.71 Å². The van der Waals surface area contributed by atoms with Crippen molar-refractivity contribution in [2.24, 2.45) is 0 Å². The molecule has 3 heterocycles. The quantitative estimate of drug-likeness (QED) is 0.163. The molecule has 1 saturated carbocycles. The third-order valence-electron chi connectivity index (χ3n) is 21.8. The van der Waals surface area contributed by atoms with Crippen molar-refractivity contribution in [1.82, 2.24) is 0 Å². The summed E-state index contributed by atoms with van der Waals surface area (Å²) < 4.78 is 2.96. The van der Waals surface area contributed by atoms with Gasteiger partial charge in [-0.1, -0.05) is 145 Å². The van der Waals surface area contributed by atoms with E-state index in [-0.39, 0.29) is 50.0 Å². The van der Waals surface area contributed by atoms with Gasteiger partial charge in [-0.15, -0.1) is 11.3 Å². The number of rotatable bonds is 3. The Balaban J connectivity index is 1.14. The van der Waals surface area contributed by atoms with E-state index in [2.05, 4.69) is 221 Å².